The molecule has 0 aromatic carbocycles. The van der Waals surface area contributed by atoms with Crippen molar-refractivity contribution >= 4 is 11.0 Å². The summed E-state index contributed by atoms with van der Waals surface area (Å²) >= 11 is 0. The van der Waals surface area contributed by atoms with E-state index in [1.54, 1.807) is 19.2 Å². The van der Waals surface area contributed by atoms with Crippen molar-refractivity contribution in [1.29, 1.82) is 5.26 Å². The predicted molar refractivity (Wildman–Crippen MR) is 56.4 cm³/mol. The standard InChI is InChI=1S/C11H9N3O/c1-7-5-10(15)14(2)9-4-3-8(6-12)13-11(7)9/h3-5H,1-2H3. The van der Waals surface area contributed by atoms with Gasteiger partial charge in [0.1, 0.15) is 11.8 Å². The molecule has 2 heterocycles. The van der Waals surface area contributed by atoms with Gasteiger partial charge in [0.2, 0.25) is 0 Å². The lowest BCUT2D eigenvalue weighted by Gasteiger charge is -2.05. The Balaban J connectivity index is 2.98. The summed E-state index contributed by atoms with van der Waals surface area (Å²) in [5.41, 5.74) is 2.55. The highest BCUT2D eigenvalue weighted by atomic mass is 16.1. The van der Waals surface area contributed by atoms with Crippen molar-refractivity contribution in [3.8, 4) is 6.07 Å². The fourth-order valence-corrected chi connectivity index (χ4v) is 1.54. The molecular weight excluding hydrogens is 190 g/mol. The molecule has 2 rings (SSSR count). The largest absolute Gasteiger partial charge is 0.310 e. The molecule has 2 aromatic rings. The third-order valence-electron chi connectivity index (χ3n) is 2.39. The Morgan fingerprint density at radius 1 is 1.47 bits per heavy atom. The number of fused-ring (bicyclic) bond motifs is 1. The summed E-state index contributed by atoms with van der Waals surface area (Å²) in [5, 5.41) is 8.73. The van der Waals surface area contributed by atoms with Crippen molar-refractivity contribution in [2.45, 2.75) is 6.92 Å². The molecule has 0 aliphatic carbocycles. The molecule has 2 aromatic heterocycles. The van der Waals surface area contributed by atoms with E-state index in [1.807, 2.05) is 13.0 Å². The zero-order chi connectivity index (χ0) is 11.0. The normalized spacial score (nSPS) is 10.2. The molecule has 0 radical (unpaired) electrons. The minimum absolute atomic E-state index is 0.0634. The Kier molecular flexibility index (Phi) is 2.01. The van der Waals surface area contributed by atoms with Gasteiger partial charge in [-0.05, 0) is 24.6 Å². The zero-order valence-corrected chi connectivity index (χ0v) is 8.48. The number of rotatable bonds is 0. The maximum Gasteiger partial charge on any atom is 0.251 e. The molecule has 0 bridgehead atoms. The molecule has 0 aliphatic rings. The van der Waals surface area contributed by atoms with Crippen molar-refractivity contribution in [3.63, 3.8) is 0 Å². The van der Waals surface area contributed by atoms with E-state index in [0.29, 0.717) is 11.2 Å². The van der Waals surface area contributed by atoms with Gasteiger partial charge in [-0.3, -0.25) is 4.79 Å². The van der Waals surface area contributed by atoms with Crippen molar-refractivity contribution in [2.24, 2.45) is 7.05 Å². The van der Waals surface area contributed by atoms with Crippen LogP contribution in [0.5, 0.6) is 0 Å². The Morgan fingerprint density at radius 3 is 2.87 bits per heavy atom. The predicted octanol–water partition coefficient (Wildman–Crippen LogP) is 1.11. The number of aryl methyl sites for hydroxylation is 2. The van der Waals surface area contributed by atoms with Gasteiger partial charge in [0.05, 0.1) is 11.0 Å². The van der Waals surface area contributed by atoms with E-state index in [-0.39, 0.29) is 5.56 Å². The molecule has 0 spiro atoms. The molecule has 0 saturated heterocycles. The van der Waals surface area contributed by atoms with E-state index in [9.17, 15) is 4.79 Å². The van der Waals surface area contributed by atoms with E-state index >= 15 is 0 Å². The van der Waals surface area contributed by atoms with Crippen LogP contribution in [0.4, 0.5) is 0 Å². The lowest BCUT2D eigenvalue weighted by Crippen LogP contribution is -2.16. The molecule has 0 N–H and O–H groups in total. The zero-order valence-electron chi connectivity index (χ0n) is 8.48. The molecule has 0 amide bonds. The fraction of sp³-hybridized carbons (Fsp3) is 0.182. The van der Waals surface area contributed by atoms with Gasteiger partial charge in [-0.15, -0.1) is 0 Å². The molecule has 4 heteroatoms. The minimum atomic E-state index is -0.0634. The Labute approximate surface area is 86.4 Å². The quantitative estimate of drug-likeness (QED) is 0.638. The van der Waals surface area contributed by atoms with Gasteiger partial charge in [0.15, 0.2) is 0 Å². The van der Waals surface area contributed by atoms with Crippen molar-refractivity contribution < 1.29 is 0 Å². The second kappa shape index (κ2) is 3.21. The van der Waals surface area contributed by atoms with Gasteiger partial charge in [-0.25, -0.2) is 4.98 Å². The first-order valence-electron chi connectivity index (χ1n) is 4.51. The van der Waals surface area contributed by atoms with Gasteiger partial charge in [0.25, 0.3) is 5.56 Å². The highest BCUT2D eigenvalue weighted by Crippen LogP contribution is 2.13. The summed E-state index contributed by atoms with van der Waals surface area (Å²) in [6, 6.07) is 6.86. The second-order valence-corrected chi connectivity index (χ2v) is 3.40. The monoisotopic (exact) mass is 199 g/mol. The van der Waals surface area contributed by atoms with E-state index < -0.39 is 0 Å². The molecule has 0 saturated carbocycles. The SMILES string of the molecule is Cc1cc(=O)n(C)c2ccc(C#N)nc12. The number of nitrogens with zero attached hydrogens (tertiary/aromatic N) is 3. The first kappa shape index (κ1) is 9.41. The maximum atomic E-state index is 11.5. The summed E-state index contributed by atoms with van der Waals surface area (Å²) in [5.74, 6) is 0. The molecule has 74 valence electrons. The van der Waals surface area contributed by atoms with Crippen LogP contribution in [0.3, 0.4) is 0 Å². The first-order chi connectivity index (χ1) is 7.13. The van der Waals surface area contributed by atoms with Crippen LogP contribution < -0.4 is 5.56 Å². The maximum absolute atomic E-state index is 11.5. The molecule has 0 aliphatic heterocycles. The Morgan fingerprint density at radius 2 is 2.20 bits per heavy atom. The molecule has 4 nitrogen and oxygen atoms in total. The van der Waals surface area contributed by atoms with E-state index in [1.165, 1.54) is 10.6 Å². The fourth-order valence-electron chi connectivity index (χ4n) is 1.54. The second-order valence-electron chi connectivity index (χ2n) is 3.40. The van der Waals surface area contributed by atoms with Gasteiger partial charge >= 0.3 is 0 Å². The topological polar surface area (TPSA) is 58.7 Å². The highest BCUT2D eigenvalue weighted by molar-refractivity contribution is 5.78. The van der Waals surface area contributed by atoms with Gasteiger partial charge in [0, 0.05) is 13.1 Å². The third-order valence-corrected chi connectivity index (χ3v) is 2.39. The highest BCUT2D eigenvalue weighted by Gasteiger charge is 2.05. The molecule has 0 atom stereocenters. The van der Waals surface area contributed by atoms with E-state index in [0.717, 1.165) is 11.1 Å². The van der Waals surface area contributed by atoms with Gasteiger partial charge in [-0.2, -0.15) is 5.26 Å². The molecular formula is C11H9N3O. The van der Waals surface area contributed by atoms with Crippen molar-refractivity contribution in [1.82, 2.24) is 9.55 Å². The van der Waals surface area contributed by atoms with E-state index in [2.05, 4.69) is 4.98 Å². The number of aromatic nitrogens is 2. The summed E-state index contributed by atoms with van der Waals surface area (Å²) in [6.45, 7) is 1.82. The minimum Gasteiger partial charge on any atom is -0.310 e. The van der Waals surface area contributed by atoms with E-state index in [4.69, 9.17) is 5.26 Å². The third kappa shape index (κ3) is 1.38. The summed E-state index contributed by atoms with van der Waals surface area (Å²) in [6.07, 6.45) is 0. The summed E-state index contributed by atoms with van der Waals surface area (Å²) in [7, 11) is 1.69. The average molecular weight is 199 g/mol. The number of hydrogen-bond acceptors (Lipinski definition) is 3. The number of pyridine rings is 2. The van der Waals surface area contributed by atoms with Gasteiger partial charge < -0.3 is 4.57 Å². The van der Waals surface area contributed by atoms with Crippen LogP contribution >= 0.6 is 0 Å². The molecule has 0 unspecified atom stereocenters. The number of hydrogen-bond donors (Lipinski definition) is 0. The van der Waals surface area contributed by atoms with Crippen LogP contribution in [0.15, 0.2) is 23.0 Å². The molecule has 0 fully saturated rings. The summed E-state index contributed by atoms with van der Waals surface area (Å²) in [4.78, 5) is 15.7. The van der Waals surface area contributed by atoms with Crippen molar-refractivity contribution in [3.05, 3.63) is 39.8 Å². The lowest BCUT2D eigenvalue weighted by molar-refractivity contribution is 0.899. The van der Waals surface area contributed by atoms with Crippen molar-refractivity contribution in [2.75, 3.05) is 0 Å². The lowest BCUT2D eigenvalue weighted by atomic mass is 10.2. The average Bonchev–Trinajstić information content (AvgIpc) is 2.25. The van der Waals surface area contributed by atoms with Crippen LogP contribution in [0.25, 0.3) is 11.0 Å². The van der Waals surface area contributed by atoms with Crippen LogP contribution in [0.1, 0.15) is 11.3 Å². The Bertz CT molecular complexity index is 635. The van der Waals surface area contributed by atoms with Gasteiger partial charge in [-0.1, -0.05) is 0 Å². The van der Waals surface area contributed by atoms with Crippen LogP contribution in [0.2, 0.25) is 0 Å². The smallest absolute Gasteiger partial charge is 0.251 e. The first-order valence-corrected chi connectivity index (χ1v) is 4.51. The van der Waals surface area contributed by atoms with Crippen LogP contribution in [-0.2, 0) is 7.05 Å². The van der Waals surface area contributed by atoms with Crippen LogP contribution in [0, 0.1) is 18.3 Å². The number of nitriles is 1. The Hall–Kier alpha value is -2.15. The summed E-state index contributed by atoms with van der Waals surface area (Å²) < 4.78 is 1.52. The van der Waals surface area contributed by atoms with Crippen LogP contribution in [-0.4, -0.2) is 9.55 Å². The molecule has 15 heavy (non-hydrogen) atoms.